The van der Waals surface area contributed by atoms with Crippen LogP contribution in [0.2, 0.25) is 0 Å². The fourth-order valence-corrected chi connectivity index (χ4v) is 1.83. The molecule has 0 fully saturated rings. The second-order valence-electron chi connectivity index (χ2n) is 5.57. The molecule has 0 saturated heterocycles. The SMILES string of the molecule is COc1ccc(C(C)(C)C)cc1NC(=O)n1ccnc1. The molecule has 1 heterocycles. The van der Waals surface area contributed by atoms with E-state index in [2.05, 4.69) is 31.1 Å². The molecule has 106 valence electrons. The maximum atomic E-state index is 12.1. The summed E-state index contributed by atoms with van der Waals surface area (Å²) >= 11 is 0. The summed E-state index contributed by atoms with van der Waals surface area (Å²) in [7, 11) is 1.58. The molecular weight excluding hydrogens is 254 g/mol. The lowest BCUT2D eigenvalue weighted by atomic mass is 9.87. The Morgan fingerprint density at radius 2 is 2.10 bits per heavy atom. The summed E-state index contributed by atoms with van der Waals surface area (Å²) in [5.74, 6) is 0.631. The molecule has 0 aliphatic carbocycles. The Hall–Kier alpha value is -2.30. The van der Waals surface area contributed by atoms with Crippen molar-refractivity contribution in [2.45, 2.75) is 26.2 Å². The highest BCUT2D eigenvalue weighted by Crippen LogP contribution is 2.31. The third kappa shape index (κ3) is 2.99. The number of methoxy groups -OCH3 is 1. The Morgan fingerprint density at radius 1 is 1.35 bits per heavy atom. The van der Waals surface area contributed by atoms with Gasteiger partial charge in [-0.1, -0.05) is 26.8 Å². The molecule has 0 radical (unpaired) electrons. The minimum atomic E-state index is -0.271. The number of anilines is 1. The van der Waals surface area contributed by atoms with Gasteiger partial charge in [-0.15, -0.1) is 0 Å². The smallest absolute Gasteiger partial charge is 0.331 e. The van der Waals surface area contributed by atoms with E-state index in [1.165, 1.54) is 10.9 Å². The zero-order valence-corrected chi connectivity index (χ0v) is 12.2. The highest BCUT2D eigenvalue weighted by atomic mass is 16.5. The van der Waals surface area contributed by atoms with Crippen LogP contribution < -0.4 is 10.1 Å². The normalized spacial score (nSPS) is 11.2. The molecular formula is C15H19N3O2. The van der Waals surface area contributed by atoms with Gasteiger partial charge in [0.05, 0.1) is 12.8 Å². The van der Waals surface area contributed by atoms with Crippen molar-refractivity contribution in [1.29, 1.82) is 0 Å². The van der Waals surface area contributed by atoms with E-state index in [0.29, 0.717) is 11.4 Å². The molecule has 20 heavy (non-hydrogen) atoms. The van der Waals surface area contributed by atoms with Crippen LogP contribution in [0.15, 0.2) is 36.9 Å². The van der Waals surface area contributed by atoms with Crippen LogP contribution in [-0.2, 0) is 5.41 Å². The average molecular weight is 273 g/mol. The van der Waals surface area contributed by atoms with E-state index < -0.39 is 0 Å². The number of nitrogens with one attached hydrogen (secondary N) is 1. The molecule has 1 N–H and O–H groups in total. The van der Waals surface area contributed by atoms with Crippen LogP contribution in [0.3, 0.4) is 0 Å². The van der Waals surface area contributed by atoms with E-state index in [1.54, 1.807) is 19.5 Å². The number of ether oxygens (including phenoxy) is 1. The summed E-state index contributed by atoms with van der Waals surface area (Å²) in [5, 5.41) is 2.84. The second kappa shape index (κ2) is 5.36. The fraction of sp³-hybridized carbons (Fsp3) is 0.333. The number of rotatable bonds is 2. The molecule has 1 amide bonds. The number of amides is 1. The highest BCUT2D eigenvalue weighted by molar-refractivity contribution is 5.92. The molecule has 0 bridgehead atoms. The molecule has 0 unspecified atom stereocenters. The summed E-state index contributed by atoms with van der Waals surface area (Å²) in [5.41, 5.74) is 1.78. The average Bonchev–Trinajstić information content (AvgIpc) is 2.91. The summed E-state index contributed by atoms with van der Waals surface area (Å²) < 4.78 is 6.67. The Kier molecular flexibility index (Phi) is 3.79. The van der Waals surface area contributed by atoms with Gasteiger partial charge in [-0.25, -0.2) is 9.78 Å². The monoisotopic (exact) mass is 273 g/mol. The van der Waals surface area contributed by atoms with Crippen molar-refractivity contribution >= 4 is 11.7 Å². The minimum Gasteiger partial charge on any atom is -0.495 e. The predicted molar refractivity (Wildman–Crippen MR) is 78.3 cm³/mol. The molecule has 5 heteroatoms. The number of benzene rings is 1. The molecule has 1 aromatic carbocycles. The van der Waals surface area contributed by atoms with Crippen molar-refractivity contribution < 1.29 is 9.53 Å². The van der Waals surface area contributed by atoms with Gasteiger partial charge in [0.25, 0.3) is 0 Å². The topological polar surface area (TPSA) is 56.1 Å². The Bertz CT molecular complexity index is 598. The second-order valence-corrected chi connectivity index (χ2v) is 5.57. The molecule has 0 aliphatic rings. The van der Waals surface area contributed by atoms with E-state index in [4.69, 9.17) is 4.74 Å². The van der Waals surface area contributed by atoms with Gasteiger partial charge >= 0.3 is 6.03 Å². The van der Waals surface area contributed by atoms with Gasteiger partial charge in [-0.3, -0.25) is 4.57 Å². The van der Waals surface area contributed by atoms with E-state index in [9.17, 15) is 4.79 Å². The van der Waals surface area contributed by atoms with Crippen LogP contribution in [0.25, 0.3) is 0 Å². The van der Waals surface area contributed by atoms with Gasteiger partial charge in [0.1, 0.15) is 12.1 Å². The Balaban J connectivity index is 2.32. The van der Waals surface area contributed by atoms with Gasteiger partial charge < -0.3 is 10.1 Å². The largest absolute Gasteiger partial charge is 0.495 e. The maximum absolute atomic E-state index is 12.1. The summed E-state index contributed by atoms with van der Waals surface area (Å²) in [6, 6.07) is 5.54. The van der Waals surface area contributed by atoms with Crippen LogP contribution in [0.5, 0.6) is 5.75 Å². The van der Waals surface area contributed by atoms with Crippen molar-refractivity contribution in [1.82, 2.24) is 9.55 Å². The van der Waals surface area contributed by atoms with Crippen molar-refractivity contribution in [3.8, 4) is 5.75 Å². The lowest BCUT2D eigenvalue weighted by molar-refractivity contribution is 0.253. The summed E-state index contributed by atoms with van der Waals surface area (Å²) in [6.45, 7) is 6.36. The number of carbonyl (C=O) groups excluding carboxylic acids is 1. The molecule has 2 aromatic rings. The van der Waals surface area contributed by atoms with Crippen molar-refractivity contribution in [3.63, 3.8) is 0 Å². The molecule has 0 spiro atoms. The summed E-state index contributed by atoms with van der Waals surface area (Å²) in [4.78, 5) is 15.9. The molecule has 0 aliphatic heterocycles. The Morgan fingerprint density at radius 3 is 2.65 bits per heavy atom. The molecule has 5 nitrogen and oxygen atoms in total. The van der Waals surface area contributed by atoms with E-state index >= 15 is 0 Å². The van der Waals surface area contributed by atoms with Gasteiger partial charge in [0.15, 0.2) is 0 Å². The zero-order chi connectivity index (χ0) is 14.8. The third-order valence-electron chi connectivity index (χ3n) is 3.05. The van der Waals surface area contributed by atoms with Gasteiger partial charge in [0, 0.05) is 12.4 Å². The number of aromatic nitrogens is 2. The van der Waals surface area contributed by atoms with E-state index in [1.807, 2.05) is 18.2 Å². The first kappa shape index (κ1) is 14.1. The van der Waals surface area contributed by atoms with E-state index in [0.717, 1.165) is 5.56 Å². The lowest BCUT2D eigenvalue weighted by Gasteiger charge is -2.21. The third-order valence-corrected chi connectivity index (χ3v) is 3.05. The molecule has 0 saturated carbocycles. The first-order valence-electron chi connectivity index (χ1n) is 6.39. The van der Waals surface area contributed by atoms with Gasteiger partial charge in [-0.05, 0) is 23.1 Å². The van der Waals surface area contributed by atoms with Crippen LogP contribution >= 0.6 is 0 Å². The quantitative estimate of drug-likeness (QED) is 0.913. The number of imidazole rings is 1. The minimum absolute atomic E-state index is 0.000748. The van der Waals surface area contributed by atoms with Crippen molar-refractivity contribution in [3.05, 3.63) is 42.5 Å². The zero-order valence-electron chi connectivity index (χ0n) is 12.2. The number of nitrogens with zero attached hydrogens (tertiary/aromatic N) is 2. The van der Waals surface area contributed by atoms with Gasteiger partial charge in [0.2, 0.25) is 0 Å². The fourth-order valence-electron chi connectivity index (χ4n) is 1.83. The van der Waals surface area contributed by atoms with Crippen LogP contribution in [0, 0.1) is 0 Å². The van der Waals surface area contributed by atoms with Gasteiger partial charge in [-0.2, -0.15) is 0 Å². The number of hydrogen-bond acceptors (Lipinski definition) is 3. The Labute approximate surface area is 118 Å². The van der Waals surface area contributed by atoms with Crippen LogP contribution in [0.1, 0.15) is 26.3 Å². The molecule has 2 rings (SSSR count). The van der Waals surface area contributed by atoms with Crippen LogP contribution in [-0.4, -0.2) is 22.7 Å². The number of hydrogen-bond donors (Lipinski definition) is 1. The lowest BCUT2D eigenvalue weighted by Crippen LogP contribution is -2.19. The van der Waals surface area contributed by atoms with Crippen molar-refractivity contribution in [2.75, 3.05) is 12.4 Å². The standard InChI is InChI=1S/C15H19N3O2/c1-15(2,3)11-5-6-13(20-4)12(9-11)17-14(19)18-8-7-16-10-18/h5-10H,1-4H3,(H,17,19). The summed E-state index contributed by atoms with van der Waals surface area (Å²) in [6.07, 6.45) is 4.60. The highest BCUT2D eigenvalue weighted by Gasteiger charge is 2.17. The molecule has 1 aromatic heterocycles. The number of carbonyl (C=O) groups is 1. The van der Waals surface area contributed by atoms with E-state index in [-0.39, 0.29) is 11.4 Å². The maximum Gasteiger partial charge on any atom is 0.331 e. The van der Waals surface area contributed by atoms with Crippen LogP contribution in [0.4, 0.5) is 10.5 Å². The van der Waals surface area contributed by atoms with Crippen molar-refractivity contribution in [2.24, 2.45) is 0 Å². The first-order valence-corrected chi connectivity index (χ1v) is 6.39. The first-order chi connectivity index (χ1) is 9.41. The predicted octanol–water partition coefficient (Wildman–Crippen LogP) is 3.27. The molecule has 0 atom stereocenters.